The first kappa shape index (κ1) is 15.6. The topological polar surface area (TPSA) is 90.6 Å². The van der Waals surface area contributed by atoms with Crippen LogP contribution in [0, 0.1) is 6.92 Å². The lowest BCUT2D eigenvalue weighted by atomic mass is 10.3. The lowest BCUT2D eigenvalue weighted by Crippen LogP contribution is -2.36. The number of hydrogen-bond donors (Lipinski definition) is 3. The highest BCUT2D eigenvalue weighted by molar-refractivity contribution is 5.91. The van der Waals surface area contributed by atoms with Gasteiger partial charge in [0.1, 0.15) is 5.82 Å². The molecule has 1 aromatic heterocycles. The molecule has 0 aliphatic rings. The van der Waals surface area contributed by atoms with Gasteiger partial charge in [0.2, 0.25) is 5.91 Å². The Bertz CT molecular complexity index is 406. The van der Waals surface area contributed by atoms with Crippen molar-refractivity contribution < 1.29 is 15.0 Å². The van der Waals surface area contributed by atoms with Gasteiger partial charge in [-0.25, -0.2) is 0 Å². The molecule has 7 nitrogen and oxygen atoms in total. The lowest BCUT2D eigenvalue weighted by molar-refractivity contribution is -0.117. The van der Waals surface area contributed by atoms with E-state index in [0.29, 0.717) is 25.3 Å². The number of carbonyl (C=O) groups is 1. The molecule has 0 atom stereocenters. The molecule has 3 N–H and O–H groups in total. The van der Waals surface area contributed by atoms with Gasteiger partial charge in [-0.3, -0.25) is 14.4 Å². The zero-order valence-electron chi connectivity index (χ0n) is 11.5. The number of rotatable bonds is 8. The Kier molecular flexibility index (Phi) is 6.48. The number of aliphatic hydroxyl groups is 2. The van der Waals surface area contributed by atoms with Crippen molar-refractivity contribution in [3.05, 3.63) is 11.8 Å². The van der Waals surface area contributed by atoms with Crippen LogP contribution < -0.4 is 5.32 Å². The normalized spacial score (nSPS) is 11.0. The molecule has 1 heterocycles. The summed E-state index contributed by atoms with van der Waals surface area (Å²) < 4.78 is 1.61. The maximum atomic E-state index is 11.9. The maximum absolute atomic E-state index is 11.9. The highest BCUT2D eigenvalue weighted by atomic mass is 16.3. The number of amides is 1. The number of anilines is 1. The van der Waals surface area contributed by atoms with Crippen LogP contribution in [0.25, 0.3) is 0 Å². The molecule has 0 fully saturated rings. The molecule has 0 saturated heterocycles. The highest BCUT2D eigenvalue weighted by Crippen LogP contribution is 2.07. The SMILES string of the molecule is Cc1cc(NC(=O)CN(CCO)CCCO)n(C)n1. The van der Waals surface area contributed by atoms with Crippen LogP contribution in [0.3, 0.4) is 0 Å². The van der Waals surface area contributed by atoms with Crippen LogP contribution in [0.4, 0.5) is 5.82 Å². The molecule has 7 heteroatoms. The Labute approximate surface area is 112 Å². The Balaban J connectivity index is 2.49. The summed E-state index contributed by atoms with van der Waals surface area (Å²) >= 11 is 0. The quantitative estimate of drug-likeness (QED) is 0.583. The summed E-state index contributed by atoms with van der Waals surface area (Å²) in [7, 11) is 1.76. The largest absolute Gasteiger partial charge is 0.396 e. The van der Waals surface area contributed by atoms with Crippen molar-refractivity contribution in [2.75, 3.05) is 38.2 Å². The predicted molar refractivity (Wildman–Crippen MR) is 71.8 cm³/mol. The van der Waals surface area contributed by atoms with Crippen molar-refractivity contribution >= 4 is 11.7 Å². The zero-order chi connectivity index (χ0) is 14.3. The predicted octanol–water partition coefficient (Wildman–Crippen LogP) is -0.656. The summed E-state index contributed by atoms with van der Waals surface area (Å²) in [6.07, 6.45) is 0.581. The number of carbonyl (C=O) groups excluding carboxylic acids is 1. The number of nitrogens with one attached hydrogen (secondary N) is 1. The summed E-state index contributed by atoms with van der Waals surface area (Å²) in [5, 5.41) is 24.6. The molecule has 0 aliphatic carbocycles. The van der Waals surface area contributed by atoms with E-state index in [1.165, 1.54) is 0 Å². The van der Waals surface area contributed by atoms with Gasteiger partial charge < -0.3 is 15.5 Å². The molecule has 0 radical (unpaired) electrons. The van der Waals surface area contributed by atoms with Crippen molar-refractivity contribution in [3.8, 4) is 0 Å². The molecule has 0 aliphatic heterocycles. The molecule has 1 rings (SSSR count). The van der Waals surface area contributed by atoms with Crippen LogP contribution in [-0.4, -0.2) is 63.6 Å². The Morgan fingerprint density at radius 1 is 1.42 bits per heavy atom. The van der Waals surface area contributed by atoms with E-state index in [1.807, 2.05) is 6.92 Å². The van der Waals surface area contributed by atoms with Crippen molar-refractivity contribution in [1.82, 2.24) is 14.7 Å². The average molecular weight is 270 g/mol. The maximum Gasteiger partial charge on any atom is 0.239 e. The molecule has 108 valence electrons. The molecule has 0 spiro atoms. The summed E-state index contributed by atoms with van der Waals surface area (Å²) in [5.74, 6) is 0.489. The summed E-state index contributed by atoms with van der Waals surface area (Å²) in [5.41, 5.74) is 0.838. The van der Waals surface area contributed by atoms with Crippen LogP contribution in [-0.2, 0) is 11.8 Å². The van der Waals surface area contributed by atoms with Gasteiger partial charge in [-0.05, 0) is 13.3 Å². The number of aromatic nitrogens is 2. The standard InChI is InChI=1S/C12H22N4O3/c1-10-8-11(15(2)14-10)13-12(19)9-16(5-7-18)4-3-6-17/h8,17-18H,3-7,9H2,1-2H3,(H,13,19). The second-order valence-corrected chi connectivity index (χ2v) is 4.42. The van der Waals surface area contributed by atoms with Crippen LogP contribution in [0.5, 0.6) is 0 Å². The summed E-state index contributed by atoms with van der Waals surface area (Å²) in [4.78, 5) is 13.7. The Morgan fingerprint density at radius 3 is 2.68 bits per heavy atom. The summed E-state index contributed by atoms with van der Waals surface area (Å²) in [6, 6.07) is 1.79. The molecule has 0 saturated carbocycles. The van der Waals surface area contributed by atoms with Gasteiger partial charge in [0, 0.05) is 32.8 Å². The molecule has 0 aromatic carbocycles. The molecule has 0 unspecified atom stereocenters. The van der Waals surface area contributed by atoms with Gasteiger partial charge in [-0.2, -0.15) is 5.10 Å². The van der Waals surface area contributed by atoms with E-state index >= 15 is 0 Å². The molecule has 0 bridgehead atoms. The first-order chi connectivity index (χ1) is 9.06. The monoisotopic (exact) mass is 270 g/mol. The second kappa shape index (κ2) is 7.88. The lowest BCUT2D eigenvalue weighted by Gasteiger charge is -2.20. The third-order valence-corrected chi connectivity index (χ3v) is 2.69. The fraction of sp³-hybridized carbons (Fsp3) is 0.667. The van der Waals surface area contributed by atoms with E-state index < -0.39 is 0 Å². The van der Waals surface area contributed by atoms with Gasteiger partial charge in [0.15, 0.2) is 0 Å². The number of aliphatic hydroxyl groups excluding tert-OH is 2. The Morgan fingerprint density at radius 2 is 2.16 bits per heavy atom. The van der Waals surface area contributed by atoms with E-state index in [-0.39, 0.29) is 25.7 Å². The van der Waals surface area contributed by atoms with Crippen molar-refractivity contribution in [3.63, 3.8) is 0 Å². The van der Waals surface area contributed by atoms with Gasteiger partial charge in [-0.1, -0.05) is 0 Å². The number of hydrogen-bond acceptors (Lipinski definition) is 5. The second-order valence-electron chi connectivity index (χ2n) is 4.42. The van der Waals surface area contributed by atoms with Gasteiger partial charge in [0.05, 0.1) is 18.8 Å². The van der Waals surface area contributed by atoms with Crippen molar-refractivity contribution in [2.45, 2.75) is 13.3 Å². The molecule has 1 amide bonds. The molecule has 1 aromatic rings. The van der Waals surface area contributed by atoms with Gasteiger partial charge in [0.25, 0.3) is 0 Å². The zero-order valence-corrected chi connectivity index (χ0v) is 11.5. The van der Waals surface area contributed by atoms with Crippen molar-refractivity contribution in [1.29, 1.82) is 0 Å². The van der Waals surface area contributed by atoms with Crippen LogP contribution in [0.1, 0.15) is 12.1 Å². The highest BCUT2D eigenvalue weighted by Gasteiger charge is 2.12. The minimum atomic E-state index is -0.158. The van der Waals surface area contributed by atoms with E-state index in [0.717, 1.165) is 5.69 Å². The third-order valence-electron chi connectivity index (χ3n) is 2.69. The summed E-state index contributed by atoms with van der Waals surface area (Å²) in [6.45, 7) is 3.10. The van der Waals surface area contributed by atoms with Crippen LogP contribution in [0.2, 0.25) is 0 Å². The Hall–Kier alpha value is -1.44. The first-order valence-electron chi connectivity index (χ1n) is 6.31. The van der Waals surface area contributed by atoms with E-state index in [2.05, 4.69) is 10.4 Å². The average Bonchev–Trinajstić information content (AvgIpc) is 2.65. The van der Waals surface area contributed by atoms with Crippen molar-refractivity contribution in [2.24, 2.45) is 7.05 Å². The fourth-order valence-electron chi connectivity index (χ4n) is 1.82. The minimum absolute atomic E-state index is 0.0104. The van der Waals surface area contributed by atoms with E-state index in [1.54, 1.807) is 22.7 Å². The fourth-order valence-corrected chi connectivity index (χ4v) is 1.82. The molecular formula is C12H22N4O3. The number of nitrogens with zero attached hydrogens (tertiary/aromatic N) is 3. The van der Waals surface area contributed by atoms with Crippen LogP contribution >= 0.6 is 0 Å². The molecular weight excluding hydrogens is 248 g/mol. The van der Waals surface area contributed by atoms with E-state index in [4.69, 9.17) is 10.2 Å². The first-order valence-corrected chi connectivity index (χ1v) is 6.31. The van der Waals surface area contributed by atoms with Gasteiger partial charge in [-0.15, -0.1) is 0 Å². The minimum Gasteiger partial charge on any atom is -0.396 e. The van der Waals surface area contributed by atoms with Gasteiger partial charge >= 0.3 is 0 Å². The third kappa shape index (κ3) is 5.37. The molecule has 19 heavy (non-hydrogen) atoms. The van der Waals surface area contributed by atoms with E-state index in [9.17, 15) is 4.79 Å². The smallest absolute Gasteiger partial charge is 0.239 e. The van der Waals surface area contributed by atoms with Crippen LogP contribution in [0.15, 0.2) is 6.07 Å². The number of aryl methyl sites for hydroxylation is 2.